The van der Waals surface area contributed by atoms with Crippen molar-refractivity contribution >= 4 is 35.3 Å². The Balaban J connectivity index is 0.889. The average molecular weight is 764 g/mol. The molecular formula is C48H77NS3. The van der Waals surface area contributed by atoms with Gasteiger partial charge in [0.1, 0.15) is 0 Å². The van der Waals surface area contributed by atoms with Gasteiger partial charge in [-0.2, -0.15) is 35.3 Å². The Morgan fingerprint density at radius 3 is 1.52 bits per heavy atom. The van der Waals surface area contributed by atoms with Crippen LogP contribution in [-0.2, 0) is 0 Å². The van der Waals surface area contributed by atoms with Crippen LogP contribution in [0.1, 0.15) is 186 Å². The van der Waals surface area contributed by atoms with Gasteiger partial charge < -0.3 is 0 Å². The van der Waals surface area contributed by atoms with Gasteiger partial charge in [0.2, 0.25) is 0 Å². The van der Waals surface area contributed by atoms with Crippen LogP contribution in [-0.4, -0.2) is 54.5 Å². The number of thioether (sulfide) groups is 3. The van der Waals surface area contributed by atoms with E-state index in [1.165, 1.54) is 32.1 Å². The lowest BCUT2D eigenvalue weighted by molar-refractivity contribution is -0.00913. The molecule has 8 aliphatic carbocycles. The summed E-state index contributed by atoms with van der Waals surface area (Å²) in [5.74, 6) is 10.7. The molecule has 4 heteroatoms. The molecule has 0 bridgehead atoms. The third kappa shape index (κ3) is 6.42. The van der Waals surface area contributed by atoms with Gasteiger partial charge >= 0.3 is 0 Å². The Kier molecular flexibility index (Phi) is 10.9. The van der Waals surface area contributed by atoms with Crippen LogP contribution in [0.4, 0.5) is 0 Å². The quantitative estimate of drug-likeness (QED) is 0.274. The molecule has 3 aliphatic heterocycles. The van der Waals surface area contributed by atoms with Crippen LogP contribution in [0.15, 0.2) is 0 Å². The highest BCUT2D eigenvalue weighted by Gasteiger charge is 2.61. The van der Waals surface area contributed by atoms with Crippen molar-refractivity contribution in [3.05, 3.63) is 0 Å². The second kappa shape index (κ2) is 15.6. The summed E-state index contributed by atoms with van der Waals surface area (Å²) in [6, 6.07) is 2.72. The first-order chi connectivity index (χ1) is 25.8. The van der Waals surface area contributed by atoms with Gasteiger partial charge in [0, 0.05) is 49.6 Å². The van der Waals surface area contributed by atoms with E-state index < -0.39 is 0 Å². The molecule has 11 rings (SSSR count). The van der Waals surface area contributed by atoms with E-state index in [-0.39, 0.29) is 0 Å². The van der Waals surface area contributed by atoms with Gasteiger partial charge in [0.25, 0.3) is 0 Å². The van der Waals surface area contributed by atoms with Gasteiger partial charge in [-0.3, -0.25) is 4.90 Å². The molecule has 292 valence electrons. The molecule has 0 N–H and O–H groups in total. The molecule has 3 saturated heterocycles. The van der Waals surface area contributed by atoms with Gasteiger partial charge in [0.15, 0.2) is 0 Å². The molecule has 15 atom stereocenters. The first kappa shape index (κ1) is 36.1. The van der Waals surface area contributed by atoms with Gasteiger partial charge in [-0.25, -0.2) is 0 Å². The molecule has 11 fully saturated rings. The lowest BCUT2D eigenvalue weighted by Crippen LogP contribution is -2.60. The van der Waals surface area contributed by atoms with E-state index >= 15 is 0 Å². The summed E-state index contributed by atoms with van der Waals surface area (Å²) in [6.45, 7) is 0. The Morgan fingerprint density at radius 1 is 0.288 bits per heavy atom. The fourth-order valence-electron chi connectivity index (χ4n) is 17.4. The Labute approximate surface area is 333 Å². The van der Waals surface area contributed by atoms with Gasteiger partial charge in [-0.1, -0.05) is 96.3 Å². The van der Waals surface area contributed by atoms with Crippen LogP contribution in [0.25, 0.3) is 0 Å². The van der Waals surface area contributed by atoms with Crippen molar-refractivity contribution in [3.63, 3.8) is 0 Å². The van der Waals surface area contributed by atoms with E-state index in [1.54, 1.807) is 154 Å². The van der Waals surface area contributed by atoms with Gasteiger partial charge in [-0.15, -0.1) is 0 Å². The summed E-state index contributed by atoms with van der Waals surface area (Å²) in [7, 11) is 0. The third-order valence-corrected chi connectivity index (χ3v) is 25.2. The predicted octanol–water partition coefficient (Wildman–Crippen LogP) is 13.4. The fourth-order valence-corrected chi connectivity index (χ4v) is 24.5. The van der Waals surface area contributed by atoms with Crippen molar-refractivity contribution in [2.75, 3.05) is 0 Å². The lowest BCUT2D eigenvalue weighted by atomic mass is 9.64. The maximum Gasteiger partial charge on any atom is 0.0237 e. The summed E-state index contributed by atoms with van der Waals surface area (Å²) >= 11 is 7.92. The largest absolute Gasteiger partial charge is 0.292 e. The Bertz CT molecular complexity index is 1200. The molecule has 3 heterocycles. The van der Waals surface area contributed by atoms with Crippen LogP contribution in [0.5, 0.6) is 0 Å². The molecule has 0 amide bonds. The van der Waals surface area contributed by atoms with E-state index in [1.807, 2.05) is 0 Å². The molecular weight excluding hydrogens is 687 g/mol. The predicted molar refractivity (Wildman–Crippen MR) is 227 cm³/mol. The lowest BCUT2D eigenvalue weighted by Gasteiger charge is -2.54. The third-order valence-electron chi connectivity index (χ3n) is 19.4. The molecule has 0 aromatic rings. The SMILES string of the molecule is C1CCC(C2CCC(N(C3CCCC4C5CCCC(C6CCCCC6)C5SC43)C3CCCC4C5CCC6SC7CCCCC7C6C5SC43)CC2)CC1. The summed E-state index contributed by atoms with van der Waals surface area (Å²) in [6.07, 6.45) is 45.4. The molecule has 0 spiro atoms. The average Bonchev–Trinajstić information content (AvgIpc) is 3.91. The molecule has 0 aromatic carbocycles. The highest BCUT2D eigenvalue weighted by atomic mass is 32.2. The Hall–Kier alpha value is 1.01. The van der Waals surface area contributed by atoms with Crippen LogP contribution in [0, 0.1) is 59.2 Å². The highest BCUT2D eigenvalue weighted by molar-refractivity contribution is 8.02. The van der Waals surface area contributed by atoms with Crippen LogP contribution in [0.3, 0.4) is 0 Å². The van der Waals surface area contributed by atoms with E-state index in [0.29, 0.717) is 0 Å². The number of hydrogen-bond donors (Lipinski definition) is 0. The van der Waals surface area contributed by atoms with Crippen LogP contribution >= 0.6 is 35.3 Å². The number of nitrogens with zero attached hydrogens (tertiary/aromatic N) is 1. The molecule has 8 saturated carbocycles. The summed E-state index contributed by atoms with van der Waals surface area (Å²) in [4.78, 5) is 3.54. The fraction of sp³-hybridized carbons (Fsp3) is 1.00. The zero-order valence-electron chi connectivity index (χ0n) is 33.1. The maximum atomic E-state index is 3.54. The van der Waals surface area contributed by atoms with Gasteiger partial charge in [-0.05, 0) is 149 Å². The van der Waals surface area contributed by atoms with Crippen LogP contribution < -0.4 is 0 Å². The van der Waals surface area contributed by atoms with Crippen LogP contribution in [0.2, 0.25) is 0 Å². The molecule has 15 unspecified atom stereocenters. The van der Waals surface area contributed by atoms with Crippen molar-refractivity contribution in [1.29, 1.82) is 0 Å². The minimum absolute atomic E-state index is 0.904. The van der Waals surface area contributed by atoms with Crippen molar-refractivity contribution in [2.45, 2.75) is 236 Å². The highest BCUT2D eigenvalue weighted by Crippen LogP contribution is 2.66. The summed E-state index contributed by atoms with van der Waals surface area (Å²) in [5.41, 5.74) is 0. The molecule has 0 aromatic heterocycles. The minimum atomic E-state index is 0.904. The van der Waals surface area contributed by atoms with E-state index in [2.05, 4.69) is 40.2 Å². The summed E-state index contributed by atoms with van der Waals surface area (Å²) in [5, 5.41) is 6.06. The molecule has 0 radical (unpaired) electrons. The van der Waals surface area contributed by atoms with E-state index in [9.17, 15) is 0 Å². The van der Waals surface area contributed by atoms with Crippen molar-refractivity contribution in [3.8, 4) is 0 Å². The summed E-state index contributed by atoms with van der Waals surface area (Å²) < 4.78 is 0. The second-order valence-corrected chi connectivity index (χ2v) is 25.7. The second-order valence-electron chi connectivity index (χ2n) is 21.5. The standard InChI is InChI=1S/C48H77NS3/c1-3-12-30(13-4-1)31-24-26-33(27-25-31)49(40-21-10-19-36-35-18-9-17-34(45(35)51-46(36)40)32-14-5-2-6-15-32)41-22-11-20-37-38-28-29-43-44(48(38)52-47(37)41)39-16-7-8-23-42(39)50-43/h30-48H,1-29H2. The number of rotatable bonds is 5. The Morgan fingerprint density at radius 2 is 0.808 bits per heavy atom. The molecule has 52 heavy (non-hydrogen) atoms. The topological polar surface area (TPSA) is 3.24 Å². The first-order valence-corrected chi connectivity index (χ1v) is 27.4. The van der Waals surface area contributed by atoms with Crippen molar-refractivity contribution in [1.82, 2.24) is 4.90 Å². The van der Waals surface area contributed by atoms with Crippen molar-refractivity contribution < 1.29 is 0 Å². The van der Waals surface area contributed by atoms with Crippen molar-refractivity contribution in [2.24, 2.45) is 59.2 Å². The number of fused-ring (bicyclic) bond motifs is 10. The van der Waals surface area contributed by atoms with Gasteiger partial charge in [0.05, 0.1) is 0 Å². The number of hydrogen-bond acceptors (Lipinski definition) is 4. The normalized spacial score (nSPS) is 52.7. The molecule has 1 nitrogen and oxygen atoms in total. The zero-order chi connectivity index (χ0) is 34.2. The maximum absolute atomic E-state index is 3.54. The smallest absolute Gasteiger partial charge is 0.0237 e. The zero-order valence-corrected chi connectivity index (χ0v) is 35.6. The van der Waals surface area contributed by atoms with E-state index in [4.69, 9.17) is 0 Å². The molecule has 11 aliphatic rings. The minimum Gasteiger partial charge on any atom is -0.292 e. The van der Waals surface area contributed by atoms with E-state index in [0.717, 1.165) is 109 Å². The monoisotopic (exact) mass is 764 g/mol. The first-order valence-electron chi connectivity index (χ1n) is 24.5.